The van der Waals surface area contributed by atoms with E-state index >= 15 is 0 Å². The fourth-order valence-electron chi connectivity index (χ4n) is 4.57. The van der Waals surface area contributed by atoms with Crippen LogP contribution in [0.4, 0.5) is 0 Å². The van der Waals surface area contributed by atoms with Crippen molar-refractivity contribution in [2.75, 3.05) is 19.6 Å². The van der Waals surface area contributed by atoms with Crippen LogP contribution in [0.25, 0.3) is 0 Å². The van der Waals surface area contributed by atoms with Crippen molar-refractivity contribution < 1.29 is 4.79 Å². The van der Waals surface area contributed by atoms with Gasteiger partial charge in [-0.05, 0) is 62.1 Å². The monoisotopic (exact) mass is 340 g/mol. The minimum Gasteiger partial charge on any atom is -0.339 e. The van der Waals surface area contributed by atoms with Crippen molar-refractivity contribution in [3.05, 3.63) is 35.4 Å². The maximum Gasteiger partial charge on any atom is 0.253 e. The van der Waals surface area contributed by atoms with E-state index in [2.05, 4.69) is 17.0 Å². The molecule has 1 saturated heterocycles. The molecule has 1 amide bonds. The Morgan fingerprint density at radius 1 is 0.920 bits per heavy atom. The van der Waals surface area contributed by atoms with E-state index in [4.69, 9.17) is 0 Å². The highest BCUT2D eigenvalue weighted by molar-refractivity contribution is 5.94. The number of hydrogen-bond acceptors (Lipinski definition) is 2. The zero-order valence-electron chi connectivity index (χ0n) is 15.5. The van der Waals surface area contributed by atoms with Crippen LogP contribution < -0.4 is 0 Å². The highest BCUT2D eigenvalue weighted by Gasteiger charge is 2.31. The first-order chi connectivity index (χ1) is 12.3. The molecule has 3 heteroatoms. The molecule has 0 spiro atoms. The Kier molecular flexibility index (Phi) is 5.40. The molecule has 25 heavy (non-hydrogen) atoms. The summed E-state index contributed by atoms with van der Waals surface area (Å²) >= 11 is 0. The van der Waals surface area contributed by atoms with E-state index in [0.29, 0.717) is 0 Å². The molecule has 0 unspecified atom stereocenters. The summed E-state index contributed by atoms with van der Waals surface area (Å²) < 4.78 is 0. The summed E-state index contributed by atoms with van der Waals surface area (Å²) in [4.78, 5) is 17.2. The lowest BCUT2D eigenvalue weighted by Gasteiger charge is -2.30. The second-order valence-electron chi connectivity index (χ2n) is 8.36. The highest BCUT2D eigenvalue weighted by atomic mass is 16.2. The average Bonchev–Trinajstić information content (AvgIpc) is 3.36. The molecule has 1 aromatic rings. The van der Waals surface area contributed by atoms with Crippen molar-refractivity contribution >= 4 is 5.91 Å². The van der Waals surface area contributed by atoms with Gasteiger partial charge in [0.25, 0.3) is 5.91 Å². The lowest BCUT2D eigenvalue weighted by atomic mass is 9.89. The van der Waals surface area contributed by atoms with Crippen LogP contribution in [0.3, 0.4) is 0 Å². The molecule has 2 aliphatic carbocycles. The van der Waals surface area contributed by atoms with Crippen molar-refractivity contribution in [2.45, 2.75) is 70.4 Å². The summed E-state index contributed by atoms with van der Waals surface area (Å²) in [6.07, 6.45) is 12.2. The van der Waals surface area contributed by atoms with Crippen LogP contribution in [0.15, 0.2) is 24.3 Å². The van der Waals surface area contributed by atoms with Gasteiger partial charge in [-0.25, -0.2) is 0 Å². The molecule has 1 aliphatic heterocycles. The molecule has 136 valence electrons. The van der Waals surface area contributed by atoms with Gasteiger partial charge in [-0.2, -0.15) is 0 Å². The summed E-state index contributed by atoms with van der Waals surface area (Å²) in [6, 6.07) is 9.26. The number of carbonyl (C=O) groups excluding carboxylic acids is 1. The second-order valence-corrected chi connectivity index (χ2v) is 8.36. The Morgan fingerprint density at radius 2 is 1.60 bits per heavy atom. The smallest absolute Gasteiger partial charge is 0.253 e. The van der Waals surface area contributed by atoms with Gasteiger partial charge in [0.1, 0.15) is 0 Å². The van der Waals surface area contributed by atoms with Crippen LogP contribution in [0, 0.1) is 5.92 Å². The van der Waals surface area contributed by atoms with Gasteiger partial charge in [0, 0.05) is 37.8 Å². The van der Waals surface area contributed by atoms with Crippen LogP contribution in [-0.2, 0) is 6.54 Å². The molecule has 3 nitrogen and oxygen atoms in total. The lowest BCUT2D eigenvalue weighted by Crippen LogP contribution is -2.32. The van der Waals surface area contributed by atoms with Crippen LogP contribution in [-0.4, -0.2) is 41.4 Å². The molecule has 1 aromatic carbocycles. The number of rotatable bonds is 6. The first-order valence-corrected chi connectivity index (χ1v) is 10.4. The van der Waals surface area contributed by atoms with Crippen LogP contribution in [0.2, 0.25) is 0 Å². The predicted molar refractivity (Wildman–Crippen MR) is 102 cm³/mol. The first-order valence-electron chi connectivity index (χ1n) is 10.4. The molecular formula is C22H32N2O. The normalized spacial score (nSPS) is 21.9. The quantitative estimate of drug-likeness (QED) is 0.763. The Hall–Kier alpha value is -1.35. The third-order valence-corrected chi connectivity index (χ3v) is 6.26. The number of likely N-dealkylation sites (tertiary alicyclic amines) is 1. The van der Waals surface area contributed by atoms with Gasteiger partial charge >= 0.3 is 0 Å². The molecule has 4 rings (SSSR count). The Balaban J connectivity index is 1.36. The predicted octanol–water partition coefficient (Wildman–Crippen LogP) is 4.47. The highest BCUT2D eigenvalue weighted by Crippen LogP contribution is 2.32. The van der Waals surface area contributed by atoms with Crippen molar-refractivity contribution in [3.8, 4) is 0 Å². The van der Waals surface area contributed by atoms with E-state index in [1.54, 1.807) is 0 Å². The van der Waals surface area contributed by atoms with Gasteiger partial charge in [-0.1, -0.05) is 31.4 Å². The molecule has 0 N–H and O–H groups in total. The fraction of sp³-hybridized carbons (Fsp3) is 0.682. The number of hydrogen-bond donors (Lipinski definition) is 0. The zero-order chi connectivity index (χ0) is 17.1. The minimum atomic E-state index is 0.213. The Morgan fingerprint density at radius 3 is 2.24 bits per heavy atom. The van der Waals surface area contributed by atoms with Crippen molar-refractivity contribution in [2.24, 2.45) is 5.92 Å². The van der Waals surface area contributed by atoms with E-state index < -0.39 is 0 Å². The minimum absolute atomic E-state index is 0.213. The Labute approximate surface area is 152 Å². The van der Waals surface area contributed by atoms with Gasteiger partial charge in [0.15, 0.2) is 0 Å². The second kappa shape index (κ2) is 7.90. The van der Waals surface area contributed by atoms with Gasteiger partial charge in [0.2, 0.25) is 0 Å². The SMILES string of the molecule is O=C(c1ccc(CN(CC2CCCCC2)C2CC2)cc1)N1CCCC1. The number of nitrogens with zero attached hydrogens (tertiary/aromatic N) is 2. The molecular weight excluding hydrogens is 308 g/mol. The molecule has 0 atom stereocenters. The summed E-state index contributed by atoms with van der Waals surface area (Å²) in [6.45, 7) is 4.19. The van der Waals surface area contributed by atoms with E-state index in [9.17, 15) is 4.79 Å². The van der Waals surface area contributed by atoms with Crippen LogP contribution >= 0.6 is 0 Å². The van der Waals surface area contributed by atoms with E-state index in [1.165, 1.54) is 57.1 Å². The van der Waals surface area contributed by atoms with Gasteiger partial charge in [-0.3, -0.25) is 9.69 Å². The molecule has 3 fully saturated rings. The maximum absolute atomic E-state index is 12.5. The van der Waals surface area contributed by atoms with Gasteiger partial charge in [0.05, 0.1) is 0 Å². The molecule has 1 heterocycles. The van der Waals surface area contributed by atoms with Crippen LogP contribution in [0.5, 0.6) is 0 Å². The number of benzene rings is 1. The third-order valence-electron chi connectivity index (χ3n) is 6.26. The fourth-order valence-corrected chi connectivity index (χ4v) is 4.57. The van der Waals surface area contributed by atoms with Gasteiger partial charge < -0.3 is 4.90 Å². The van der Waals surface area contributed by atoms with Crippen molar-refractivity contribution in [3.63, 3.8) is 0 Å². The zero-order valence-corrected chi connectivity index (χ0v) is 15.5. The molecule has 0 aromatic heterocycles. The Bertz CT molecular complexity index is 566. The van der Waals surface area contributed by atoms with Crippen molar-refractivity contribution in [1.82, 2.24) is 9.80 Å². The molecule has 0 radical (unpaired) electrons. The maximum atomic E-state index is 12.5. The first kappa shape index (κ1) is 17.1. The molecule has 0 bridgehead atoms. The molecule has 3 aliphatic rings. The number of amides is 1. The summed E-state index contributed by atoms with van der Waals surface area (Å²) in [5.74, 6) is 1.12. The third kappa shape index (κ3) is 4.44. The largest absolute Gasteiger partial charge is 0.339 e. The lowest BCUT2D eigenvalue weighted by molar-refractivity contribution is 0.0793. The topological polar surface area (TPSA) is 23.6 Å². The van der Waals surface area contributed by atoms with Crippen LogP contribution in [0.1, 0.15) is 73.7 Å². The summed E-state index contributed by atoms with van der Waals surface area (Å²) in [7, 11) is 0. The standard InChI is InChI=1S/C22H32N2O/c25-22(23-14-4-5-15-23)20-10-8-19(9-11-20)17-24(21-12-13-21)16-18-6-2-1-3-7-18/h8-11,18,21H,1-7,12-17H2. The van der Waals surface area contributed by atoms with E-state index in [-0.39, 0.29) is 5.91 Å². The summed E-state index contributed by atoms with van der Waals surface area (Å²) in [5, 5.41) is 0. The van der Waals surface area contributed by atoms with E-state index in [1.807, 2.05) is 17.0 Å². The summed E-state index contributed by atoms with van der Waals surface area (Å²) in [5.41, 5.74) is 2.22. The molecule has 2 saturated carbocycles. The average molecular weight is 341 g/mol. The number of carbonyl (C=O) groups is 1. The van der Waals surface area contributed by atoms with Gasteiger partial charge in [-0.15, -0.1) is 0 Å². The van der Waals surface area contributed by atoms with E-state index in [0.717, 1.165) is 50.0 Å². The van der Waals surface area contributed by atoms with Crippen molar-refractivity contribution in [1.29, 1.82) is 0 Å².